The molecule has 0 bridgehead atoms. The van der Waals surface area contributed by atoms with Crippen LogP contribution in [0.25, 0.3) is 0 Å². The van der Waals surface area contributed by atoms with Crippen LogP contribution in [0.1, 0.15) is 203 Å². The molecule has 4 atom stereocenters. The Morgan fingerprint density at radius 3 is 1.43 bits per heavy atom. The zero-order valence-electron chi connectivity index (χ0n) is 48.0. The number of aliphatic carboxylic acids is 5. The van der Waals surface area contributed by atoms with Crippen LogP contribution >= 0.6 is 0 Å². The quantitative estimate of drug-likeness (QED) is 0.0293. The third kappa shape index (κ3) is 50.6. The standard InChI is InChI=1S/C29H53NO8.C27H45N3O12.2H2/c1-37-23-24-38-22-16-17-25(31)20-21-26(29(35)36)30-27(32)18-14-12-10-8-6-4-2-3-5-7-9-11-13-15-19-28(33)34;1-3-22(32)29-12-13-41-14-15-42-17-20(31)16-19(26(37)38)7-9-24(34)30-21(27(39)40)8-10-23(33)28-11-5-4-6-18(2)25(35)36;;/h26H,2-24H2,1H3,(H,30,32)(H,33,34)(H,35,36);18-19,21H,3-17H2,1-2H3,(H,28,33)(H,29,32)(H,30,34)(H,35,36)(H,37,38)(H,39,40);2*1H/t26-;18-,19+,21-;;/m00../s1. The SMILES string of the molecule is CCC(=O)NCCOCCOCC(=O)C[C@@H](CCC(=O)N[C@@H](CCC(=O)NCCCC[C@H](C)C(=O)O)C(=O)O)C(=O)O.COCCOCCCC(=O)CC[C@H](NC(=O)CCCCCCCCCCCCCCCCC(=O)O)C(=O)O.[HH].[HH]. The number of carbonyl (C=O) groups is 11. The number of methoxy groups -OCH3 is 1. The Morgan fingerprint density at radius 2 is 0.900 bits per heavy atom. The molecule has 0 saturated heterocycles. The Kier molecular flexibility index (Phi) is 50.4. The van der Waals surface area contributed by atoms with Crippen molar-refractivity contribution in [2.45, 2.75) is 212 Å². The number of Topliss-reactive ketones (excluding diaryl/α,β-unsaturated/α-hetero) is 2. The molecule has 24 nitrogen and oxygen atoms in total. The highest BCUT2D eigenvalue weighted by molar-refractivity contribution is 5.87. The molecule has 80 heavy (non-hydrogen) atoms. The van der Waals surface area contributed by atoms with Crippen molar-refractivity contribution in [2.24, 2.45) is 11.8 Å². The molecule has 0 saturated carbocycles. The molecule has 0 aromatic heterocycles. The molecule has 0 radical (unpaired) electrons. The molecule has 0 heterocycles. The fourth-order valence-electron chi connectivity index (χ4n) is 7.81. The first-order valence-corrected chi connectivity index (χ1v) is 28.7. The summed E-state index contributed by atoms with van der Waals surface area (Å²) in [5, 5.41) is 55.7. The van der Waals surface area contributed by atoms with Crippen LogP contribution in [0.4, 0.5) is 0 Å². The molecule has 0 aromatic carbocycles. The minimum atomic E-state index is -1.36. The van der Waals surface area contributed by atoms with Crippen molar-refractivity contribution >= 4 is 65.0 Å². The van der Waals surface area contributed by atoms with Gasteiger partial charge in [0.15, 0.2) is 5.78 Å². The van der Waals surface area contributed by atoms with E-state index in [1.165, 1.54) is 44.9 Å². The second-order valence-corrected chi connectivity index (χ2v) is 19.9. The van der Waals surface area contributed by atoms with Gasteiger partial charge in [-0.15, -0.1) is 0 Å². The number of nitrogens with one attached hydrogen (secondary N) is 4. The first-order chi connectivity index (χ1) is 38.2. The van der Waals surface area contributed by atoms with Crippen LogP contribution < -0.4 is 21.3 Å². The van der Waals surface area contributed by atoms with Gasteiger partial charge in [-0.1, -0.05) is 97.3 Å². The van der Waals surface area contributed by atoms with Gasteiger partial charge in [-0.2, -0.15) is 0 Å². The molecular formula is C56H102N4O20. The van der Waals surface area contributed by atoms with Gasteiger partial charge in [0.2, 0.25) is 23.6 Å². The number of amides is 4. The van der Waals surface area contributed by atoms with E-state index in [1.807, 2.05) is 0 Å². The molecule has 0 aromatic rings. The number of carboxylic acid groups (broad SMARTS) is 5. The van der Waals surface area contributed by atoms with E-state index < -0.39 is 71.4 Å². The van der Waals surface area contributed by atoms with Gasteiger partial charge in [-0.25, -0.2) is 9.59 Å². The fourth-order valence-corrected chi connectivity index (χ4v) is 7.81. The third-order valence-corrected chi connectivity index (χ3v) is 12.7. The Hall–Kier alpha value is -5.59. The van der Waals surface area contributed by atoms with Gasteiger partial charge in [0, 0.05) is 81.0 Å². The first-order valence-electron chi connectivity index (χ1n) is 28.7. The Morgan fingerprint density at radius 1 is 0.412 bits per heavy atom. The number of carbonyl (C=O) groups excluding carboxylic acids is 6. The molecule has 24 heteroatoms. The Balaban J connectivity index is -0.000000728. The van der Waals surface area contributed by atoms with Gasteiger partial charge in [0.05, 0.1) is 44.9 Å². The molecule has 0 aliphatic carbocycles. The van der Waals surface area contributed by atoms with E-state index in [0.29, 0.717) is 77.9 Å². The number of hydrogen-bond acceptors (Lipinski definition) is 15. The highest BCUT2D eigenvalue weighted by Gasteiger charge is 2.26. The average molecular weight is 1150 g/mol. The summed E-state index contributed by atoms with van der Waals surface area (Å²) in [5.41, 5.74) is 0. The van der Waals surface area contributed by atoms with Crippen LogP contribution in [0.2, 0.25) is 0 Å². The number of unbranched alkanes of at least 4 members (excludes halogenated alkanes) is 14. The minimum Gasteiger partial charge on any atom is -0.481 e. The van der Waals surface area contributed by atoms with Crippen LogP contribution in [-0.2, 0) is 71.7 Å². The summed E-state index contributed by atoms with van der Waals surface area (Å²) < 4.78 is 20.6. The lowest BCUT2D eigenvalue weighted by atomic mass is 9.97. The number of hydrogen-bond donors (Lipinski definition) is 9. The summed E-state index contributed by atoms with van der Waals surface area (Å²) in [6, 6.07) is -2.38. The third-order valence-electron chi connectivity index (χ3n) is 12.7. The van der Waals surface area contributed by atoms with Gasteiger partial charge in [-0.3, -0.25) is 43.2 Å². The maximum atomic E-state index is 12.3. The topological polar surface area (TPSA) is 374 Å². The predicted molar refractivity (Wildman–Crippen MR) is 299 cm³/mol. The summed E-state index contributed by atoms with van der Waals surface area (Å²) in [7, 11) is 1.59. The van der Waals surface area contributed by atoms with Gasteiger partial charge in [-0.05, 0) is 51.4 Å². The van der Waals surface area contributed by atoms with Crippen LogP contribution in [0.5, 0.6) is 0 Å². The molecule has 0 aliphatic heterocycles. The van der Waals surface area contributed by atoms with Gasteiger partial charge >= 0.3 is 29.8 Å². The normalized spacial score (nSPS) is 12.4. The molecule has 0 unspecified atom stereocenters. The number of ether oxygens (including phenoxy) is 4. The van der Waals surface area contributed by atoms with Gasteiger partial charge < -0.3 is 65.7 Å². The monoisotopic (exact) mass is 1150 g/mol. The molecule has 0 fully saturated rings. The van der Waals surface area contributed by atoms with E-state index in [9.17, 15) is 68.1 Å². The summed E-state index contributed by atoms with van der Waals surface area (Å²) in [6.45, 7) is 5.65. The lowest BCUT2D eigenvalue weighted by Crippen LogP contribution is -2.42. The predicted octanol–water partition coefficient (Wildman–Crippen LogP) is 6.51. The van der Waals surface area contributed by atoms with Crippen molar-refractivity contribution < 1.29 is 100 Å². The summed E-state index contributed by atoms with van der Waals surface area (Å²) >= 11 is 0. The maximum Gasteiger partial charge on any atom is 0.326 e. The largest absolute Gasteiger partial charge is 0.481 e. The van der Waals surface area contributed by atoms with E-state index in [4.69, 9.17) is 29.2 Å². The van der Waals surface area contributed by atoms with Crippen molar-refractivity contribution in [3.63, 3.8) is 0 Å². The lowest BCUT2D eigenvalue weighted by Gasteiger charge is -2.16. The highest BCUT2D eigenvalue weighted by Crippen LogP contribution is 2.16. The van der Waals surface area contributed by atoms with Gasteiger partial charge in [0.25, 0.3) is 0 Å². The number of ketones is 2. The van der Waals surface area contributed by atoms with E-state index in [2.05, 4.69) is 21.3 Å². The van der Waals surface area contributed by atoms with Crippen LogP contribution in [0.15, 0.2) is 0 Å². The van der Waals surface area contributed by atoms with E-state index in [0.717, 1.165) is 44.9 Å². The highest BCUT2D eigenvalue weighted by atomic mass is 16.5. The van der Waals surface area contributed by atoms with Gasteiger partial charge in [0.1, 0.15) is 24.5 Å². The van der Waals surface area contributed by atoms with Crippen molar-refractivity contribution in [1.82, 2.24) is 21.3 Å². The molecule has 0 aliphatic rings. The molecule has 4 amide bonds. The van der Waals surface area contributed by atoms with Crippen molar-refractivity contribution in [3.05, 3.63) is 0 Å². The summed E-state index contributed by atoms with van der Waals surface area (Å²) in [5.74, 6) is -8.98. The molecule has 0 spiro atoms. The first kappa shape index (κ1) is 76.5. The molecule has 9 N–H and O–H groups in total. The zero-order valence-corrected chi connectivity index (χ0v) is 48.0. The number of rotatable bonds is 55. The number of carboxylic acids is 5. The second kappa shape index (κ2) is 52.8. The van der Waals surface area contributed by atoms with Crippen LogP contribution in [0, 0.1) is 11.8 Å². The molecule has 466 valence electrons. The van der Waals surface area contributed by atoms with E-state index in [-0.39, 0.29) is 98.2 Å². The van der Waals surface area contributed by atoms with Crippen LogP contribution in [0.3, 0.4) is 0 Å². The van der Waals surface area contributed by atoms with Crippen molar-refractivity contribution in [3.8, 4) is 0 Å². The van der Waals surface area contributed by atoms with E-state index in [1.54, 1.807) is 21.0 Å². The van der Waals surface area contributed by atoms with Crippen LogP contribution in [-0.4, -0.2) is 169 Å². The molecule has 0 rings (SSSR count). The summed E-state index contributed by atoms with van der Waals surface area (Å²) in [4.78, 5) is 127. The Bertz CT molecular complexity index is 1780. The maximum absolute atomic E-state index is 12.3. The smallest absolute Gasteiger partial charge is 0.326 e. The molecular weight excluding hydrogens is 1050 g/mol. The Labute approximate surface area is 475 Å². The lowest BCUT2D eigenvalue weighted by molar-refractivity contribution is -0.145. The second-order valence-electron chi connectivity index (χ2n) is 19.9. The van der Waals surface area contributed by atoms with Crippen molar-refractivity contribution in [1.29, 1.82) is 0 Å². The van der Waals surface area contributed by atoms with E-state index >= 15 is 0 Å². The minimum absolute atomic E-state index is 0. The van der Waals surface area contributed by atoms with Crippen molar-refractivity contribution in [2.75, 3.05) is 66.4 Å². The zero-order chi connectivity index (χ0) is 60.2. The fraction of sp³-hybridized carbons (Fsp3) is 0.804. The summed E-state index contributed by atoms with van der Waals surface area (Å²) in [6.07, 6.45) is 18.0. The average Bonchev–Trinajstić information content (AvgIpc) is 3.40.